The Morgan fingerprint density at radius 1 is 1.25 bits per heavy atom. The molecule has 3 rings (SSSR count). The van der Waals surface area contributed by atoms with Gasteiger partial charge in [-0.2, -0.15) is 0 Å². The topological polar surface area (TPSA) is 77.8 Å². The van der Waals surface area contributed by atoms with Crippen molar-refractivity contribution in [1.82, 2.24) is 4.90 Å². The molecular weight excluding hydrogens is 350 g/mol. The average molecular weight is 368 g/mol. The van der Waals surface area contributed by atoms with E-state index >= 15 is 0 Å². The Morgan fingerprint density at radius 2 is 1.92 bits per heavy atom. The van der Waals surface area contributed by atoms with Gasteiger partial charge in [-0.3, -0.25) is 14.5 Å². The summed E-state index contributed by atoms with van der Waals surface area (Å²) in [6.45, 7) is 2.50. The van der Waals surface area contributed by atoms with Crippen molar-refractivity contribution in [2.75, 3.05) is 6.54 Å². The van der Waals surface area contributed by atoms with Crippen LogP contribution in [0.15, 0.2) is 35.7 Å². The van der Waals surface area contributed by atoms with E-state index in [-0.39, 0.29) is 0 Å². The van der Waals surface area contributed by atoms with Crippen molar-refractivity contribution in [3.63, 3.8) is 0 Å². The van der Waals surface area contributed by atoms with Crippen molar-refractivity contribution in [2.45, 2.75) is 25.9 Å². The highest BCUT2D eigenvalue weighted by atomic mass is 35.5. The Bertz CT molecular complexity index is 727. The number of fused-ring (bicyclic) bond motifs is 1. The number of aliphatic carboxylic acids is 2. The van der Waals surface area contributed by atoms with E-state index in [0.717, 1.165) is 19.9 Å². The van der Waals surface area contributed by atoms with Gasteiger partial charge < -0.3 is 10.2 Å². The van der Waals surface area contributed by atoms with Gasteiger partial charge in [-0.25, -0.2) is 0 Å². The first-order valence-electron chi connectivity index (χ1n) is 7.36. The number of nitrogens with zero attached hydrogens (tertiary/aromatic N) is 1. The largest absolute Gasteiger partial charge is 0.481 e. The van der Waals surface area contributed by atoms with E-state index in [2.05, 4.69) is 11.4 Å². The van der Waals surface area contributed by atoms with E-state index in [0.29, 0.717) is 17.1 Å². The predicted octanol–water partition coefficient (Wildman–Crippen LogP) is 3.68. The second kappa shape index (κ2) is 8.28. The van der Waals surface area contributed by atoms with Crippen molar-refractivity contribution >= 4 is 34.9 Å². The molecule has 7 heteroatoms. The number of carboxylic acid groups (broad SMARTS) is 2. The summed E-state index contributed by atoms with van der Waals surface area (Å²) in [4.78, 5) is 24.1. The van der Waals surface area contributed by atoms with E-state index in [1.54, 1.807) is 23.5 Å². The number of benzene rings is 1. The lowest BCUT2D eigenvalue weighted by Gasteiger charge is -2.32. The fourth-order valence-electron chi connectivity index (χ4n) is 2.67. The minimum atomic E-state index is -0.850. The molecule has 1 aromatic heterocycles. The van der Waals surface area contributed by atoms with Crippen LogP contribution in [-0.2, 0) is 22.6 Å². The summed E-state index contributed by atoms with van der Waals surface area (Å²) < 4.78 is 0. The Balaban J connectivity index is 0.000000471. The summed E-state index contributed by atoms with van der Waals surface area (Å²) in [6, 6.07) is 8.58. The van der Waals surface area contributed by atoms with Crippen LogP contribution in [0.3, 0.4) is 0 Å². The van der Waals surface area contributed by atoms with Crippen LogP contribution in [0.1, 0.15) is 29.0 Å². The smallest absolute Gasteiger partial charge is 0.325 e. The summed E-state index contributed by atoms with van der Waals surface area (Å²) in [7, 11) is 0. The van der Waals surface area contributed by atoms with E-state index < -0.39 is 18.0 Å². The Labute approximate surface area is 149 Å². The van der Waals surface area contributed by atoms with Crippen LogP contribution in [0.25, 0.3) is 0 Å². The maximum absolute atomic E-state index is 11.7. The zero-order valence-electron chi connectivity index (χ0n) is 13.1. The lowest BCUT2D eigenvalue weighted by Crippen LogP contribution is -2.37. The molecule has 24 heavy (non-hydrogen) atoms. The summed E-state index contributed by atoms with van der Waals surface area (Å²) in [5.74, 6) is -1.68. The molecule has 0 radical (unpaired) electrons. The maximum atomic E-state index is 11.7. The van der Waals surface area contributed by atoms with Crippen LogP contribution in [0.4, 0.5) is 0 Å². The van der Waals surface area contributed by atoms with Gasteiger partial charge in [0, 0.05) is 29.9 Å². The number of carboxylic acids is 2. The number of hydrogen-bond donors (Lipinski definition) is 2. The van der Waals surface area contributed by atoms with Crippen molar-refractivity contribution in [3.05, 3.63) is 56.7 Å². The highest BCUT2D eigenvalue weighted by Gasteiger charge is 2.31. The van der Waals surface area contributed by atoms with Crippen molar-refractivity contribution < 1.29 is 19.8 Å². The third-order valence-electron chi connectivity index (χ3n) is 3.64. The Morgan fingerprint density at radius 3 is 2.54 bits per heavy atom. The predicted molar refractivity (Wildman–Crippen MR) is 93.6 cm³/mol. The number of thiophene rings is 1. The molecule has 0 bridgehead atoms. The fraction of sp³-hybridized carbons (Fsp3) is 0.294. The monoisotopic (exact) mass is 367 g/mol. The molecule has 1 aliphatic rings. The minimum absolute atomic E-state index is 0.510. The Kier molecular flexibility index (Phi) is 6.36. The summed E-state index contributed by atoms with van der Waals surface area (Å²) >= 11 is 7.92. The molecule has 0 aliphatic carbocycles. The van der Waals surface area contributed by atoms with E-state index in [4.69, 9.17) is 21.5 Å². The van der Waals surface area contributed by atoms with Crippen LogP contribution in [0.5, 0.6) is 0 Å². The molecule has 0 fully saturated rings. The molecule has 128 valence electrons. The zero-order valence-corrected chi connectivity index (χ0v) is 14.7. The fourth-order valence-corrected chi connectivity index (χ4v) is 3.80. The van der Waals surface area contributed by atoms with Crippen LogP contribution < -0.4 is 0 Å². The van der Waals surface area contributed by atoms with E-state index in [1.807, 2.05) is 17.0 Å². The van der Waals surface area contributed by atoms with Crippen LogP contribution in [-0.4, -0.2) is 33.6 Å². The number of carbonyl (C=O) groups is 2. The van der Waals surface area contributed by atoms with E-state index in [1.165, 1.54) is 10.4 Å². The first kappa shape index (κ1) is 18.4. The molecule has 1 atom stereocenters. The lowest BCUT2D eigenvalue weighted by molar-refractivity contribution is -0.144. The maximum Gasteiger partial charge on any atom is 0.325 e. The van der Waals surface area contributed by atoms with Crippen LogP contribution in [0.2, 0.25) is 5.02 Å². The molecule has 0 saturated carbocycles. The molecule has 1 aromatic carbocycles. The van der Waals surface area contributed by atoms with Gasteiger partial charge in [0.25, 0.3) is 5.97 Å². The van der Waals surface area contributed by atoms with Gasteiger partial charge in [-0.05, 0) is 35.1 Å². The molecule has 1 aliphatic heterocycles. The van der Waals surface area contributed by atoms with Gasteiger partial charge in [0.15, 0.2) is 0 Å². The van der Waals surface area contributed by atoms with Gasteiger partial charge in [0.05, 0.1) is 0 Å². The SMILES string of the molecule is CC(=O)O.O=C(O)C(c1ccccc1Cl)N1CCc2sccc2C1. The highest BCUT2D eigenvalue weighted by molar-refractivity contribution is 7.10. The standard InChI is InChI=1S/C15H14ClNO2S.C2H4O2/c16-12-4-2-1-3-11(12)14(15(18)19)17-7-5-13-10(9-17)6-8-20-13;1-2(3)4/h1-4,6,8,14H,5,7,9H2,(H,18,19);1H3,(H,3,4). The summed E-state index contributed by atoms with van der Waals surface area (Å²) in [6.07, 6.45) is 0.904. The van der Waals surface area contributed by atoms with Crippen molar-refractivity contribution in [2.24, 2.45) is 0 Å². The van der Waals surface area contributed by atoms with Gasteiger partial charge in [0.2, 0.25) is 0 Å². The summed E-state index contributed by atoms with van der Waals surface area (Å²) in [5.41, 5.74) is 1.90. The van der Waals surface area contributed by atoms with E-state index in [9.17, 15) is 9.90 Å². The second-order valence-corrected chi connectivity index (χ2v) is 6.78. The third-order valence-corrected chi connectivity index (χ3v) is 5.00. The third kappa shape index (κ3) is 4.56. The summed E-state index contributed by atoms with van der Waals surface area (Å²) in [5, 5.41) is 19.6. The molecule has 5 nitrogen and oxygen atoms in total. The highest BCUT2D eigenvalue weighted by Crippen LogP contribution is 2.33. The van der Waals surface area contributed by atoms with Crippen molar-refractivity contribution in [3.8, 4) is 0 Å². The molecule has 0 saturated heterocycles. The average Bonchev–Trinajstić information content (AvgIpc) is 2.96. The van der Waals surface area contributed by atoms with Crippen LogP contribution in [0, 0.1) is 0 Å². The lowest BCUT2D eigenvalue weighted by atomic mass is 10.0. The number of rotatable bonds is 3. The second-order valence-electron chi connectivity index (χ2n) is 5.37. The first-order valence-corrected chi connectivity index (χ1v) is 8.62. The number of hydrogen-bond acceptors (Lipinski definition) is 4. The van der Waals surface area contributed by atoms with Gasteiger partial charge >= 0.3 is 5.97 Å². The van der Waals surface area contributed by atoms with Crippen molar-refractivity contribution in [1.29, 1.82) is 0 Å². The Hall–Kier alpha value is -1.89. The molecule has 1 unspecified atom stereocenters. The minimum Gasteiger partial charge on any atom is -0.481 e. The van der Waals surface area contributed by atoms with Gasteiger partial charge in [0.1, 0.15) is 6.04 Å². The molecule has 2 heterocycles. The van der Waals surface area contributed by atoms with Gasteiger partial charge in [-0.1, -0.05) is 29.8 Å². The molecule has 2 N–H and O–H groups in total. The first-order chi connectivity index (χ1) is 11.4. The van der Waals surface area contributed by atoms with Gasteiger partial charge in [-0.15, -0.1) is 11.3 Å². The molecular formula is C17H18ClNO4S. The quantitative estimate of drug-likeness (QED) is 0.865. The zero-order chi connectivity index (χ0) is 17.7. The van der Waals surface area contributed by atoms with Crippen LogP contribution >= 0.6 is 22.9 Å². The normalized spacial score (nSPS) is 14.9. The number of halogens is 1. The molecule has 0 spiro atoms. The molecule has 2 aromatic rings. The molecule has 0 amide bonds.